The highest BCUT2D eigenvalue weighted by Crippen LogP contribution is 2.31. The first-order chi connectivity index (χ1) is 9.88. The van der Waals surface area contributed by atoms with Crippen LogP contribution in [0.5, 0.6) is 0 Å². The van der Waals surface area contributed by atoms with E-state index in [1.807, 2.05) is 6.07 Å². The Labute approximate surface area is 134 Å². The van der Waals surface area contributed by atoms with Crippen molar-refractivity contribution in [2.45, 2.75) is 59.7 Å². The molecule has 0 aliphatic carbocycles. The Kier molecular flexibility index (Phi) is 5.50. The smallest absolute Gasteiger partial charge is 0.129 e. The second-order valence-electron chi connectivity index (χ2n) is 6.84. The molecule has 2 heterocycles. The third-order valence-corrected chi connectivity index (χ3v) is 4.82. The van der Waals surface area contributed by atoms with Gasteiger partial charge < -0.3 is 10.2 Å². The fourth-order valence-corrected chi connectivity index (χ4v) is 3.25. The summed E-state index contributed by atoms with van der Waals surface area (Å²) in [6, 6.07) is 5.00. The van der Waals surface area contributed by atoms with Crippen LogP contribution in [0.3, 0.4) is 0 Å². The Hall–Kier alpha value is -0.800. The van der Waals surface area contributed by atoms with Gasteiger partial charge >= 0.3 is 0 Å². The molecule has 1 N–H and O–H groups in total. The van der Waals surface area contributed by atoms with Crippen LogP contribution in [0.2, 0.25) is 5.02 Å². The molecule has 0 aromatic carbocycles. The summed E-state index contributed by atoms with van der Waals surface area (Å²) < 4.78 is 0. The van der Waals surface area contributed by atoms with E-state index < -0.39 is 0 Å². The predicted molar refractivity (Wildman–Crippen MR) is 91.0 cm³/mol. The van der Waals surface area contributed by atoms with Crippen molar-refractivity contribution in [1.29, 1.82) is 0 Å². The van der Waals surface area contributed by atoms with Crippen LogP contribution in [0.4, 0.5) is 5.82 Å². The van der Waals surface area contributed by atoms with E-state index in [2.05, 4.69) is 50.9 Å². The molecule has 0 saturated carbocycles. The number of pyridine rings is 1. The minimum atomic E-state index is 0.431. The third kappa shape index (κ3) is 4.10. The lowest BCUT2D eigenvalue weighted by molar-refractivity contribution is 0.295. The second kappa shape index (κ2) is 6.97. The number of aromatic nitrogens is 1. The highest BCUT2D eigenvalue weighted by atomic mass is 35.5. The Balaban J connectivity index is 2.21. The monoisotopic (exact) mass is 309 g/mol. The van der Waals surface area contributed by atoms with E-state index in [9.17, 15) is 0 Å². The van der Waals surface area contributed by atoms with Gasteiger partial charge in [0.25, 0.3) is 0 Å². The summed E-state index contributed by atoms with van der Waals surface area (Å²) >= 11 is 6.29. The van der Waals surface area contributed by atoms with E-state index in [0.717, 1.165) is 29.6 Å². The summed E-state index contributed by atoms with van der Waals surface area (Å²) in [5.41, 5.74) is 0.945. The summed E-state index contributed by atoms with van der Waals surface area (Å²) in [6.07, 6.45) is 1.30. The number of hydrogen-bond donors (Lipinski definition) is 1. The zero-order valence-electron chi connectivity index (χ0n) is 13.9. The van der Waals surface area contributed by atoms with Gasteiger partial charge in [0, 0.05) is 25.2 Å². The van der Waals surface area contributed by atoms with Gasteiger partial charge in [-0.15, -0.1) is 0 Å². The molecule has 1 fully saturated rings. The molecule has 21 heavy (non-hydrogen) atoms. The first kappa shape index (κ1) is 16.6. The molecule has 118 valence electrons. The van der Waals surface area contributed by atoms with Crippen LogP contribution in [0.1, 0.15) is 46.7 Å². The zero-order chi connectivity index (χ0) is 15.6. The quantitative estimate of drug-likeness (QED) is 0.907. The van der Waals surface area contributed by atoms with Gasteiger partial charge in [0.15, 0.2) is 0 Å². The normalized spacial score (nSPS) is 26.4. The largest absolute Gasteiger partial charge is 0.353 e. The van der Waals surface area contributed by atoms with E-state index in [1.54, 1.807) is 0 Å². The highest BCUT2D eigenvalue weighted by Gasteiger charge is 2.29. The van der Waals surface area contributed by atoms with Crippen LogP contribution >= 0.6 is 11.6 Å². The van der Waals surface area contributed by atoms with Crippen molar-refractivity contribution in [2.75, 3.05) is 11.4 Å². The molecule has 3 nitrogen and oxygen atoms in total. The molecular formula is C17H28ClN3. The maximum Gasteiger partial charge on any atom is 0.129 e. The van der Waals surface area contributed by atoms with Crippen LogP contribution in [0, 0.1) is 11.8 Å². The maximum absolute atomic E-state index is 6.29. The van der Waals surface area contributed by atoms with Gasteiger partial charge in [0.05, 0.1) is 10.7 Å². The van der Waals surface area contributed by atoms with Crippen molar-refractivity contribution in [1.82, 2.24) is 10.3 Å². The zero-order valence-corrected chi connectivity index (χ0v) is 14.6. The molecule has 1 saturated heterocycles. The summed E-state index contributed by atoms with van der Waals surface area (Å²) in [5.74, 6) is 2.47. The van der Waals surface area contributed by atoms with E-state index in [0.29, 0.717) is 23.9 Å². The van der Waals surface area contributed by atoms with Crippen LogP contribution < -0.4 is 10.2 Å². The van der Waals surface area contributed by atoms with Gasteiger partial charge in [-0.2, -0.15) is 0 Å². The maximum atomic E-state index is 6.29. The third-order valence-electron chi connectivity index (χ3n) is 4.47. The van der Waals surface area contributed by atoms with Crippen molar-refractivity contribution in [3.05, 3.63) is 22.8 Å². The SMILES string of the molecule is CC1CC(C)C(C)N(c2ccc(Cl)c(CNC(C)C)n2)C1. The number of halogens is 1. The van der Waals surface area contributed by atoms with Crippen molar-refractivity contribution in [2.24, 2.45) is 11.8 Å². The molecule has 1 aromatic rings. The van der Waals surface area contributed by atoms with Gasteiger partial charge in [0.1, 0.15) is 5.82 Å². The molecule has 0 spiro atoms. The number of nitrogens with one attached hydrogen (secondary N) is 1. The van der Waals surface area contributed by atoms with Crippen molar-refractivity contribution >= 4 is 17.4 Å². The van der Waals surface area contributed by atoms with E-state index in [1.165, 1.54) is 6.42 Å². The van der Waals surface area contributed by atoms with Crippen LogP contribution in [0.25, 0.3) is 0 Å². The molecule has 4 heteroatoms. The Morgan fingerprint density at radius 3 is 2.71 bits per heavy atom. The lowest BCUT2D eigenvalue weighted by Gasteiger charge is -2.42. The summed E-state index contributed by atoms with van der Waals surface area (Å²) in [5, 5.41) is 4.14. The molecule has 1 aliphatic heterocycles. The fraction of sp³-hybridized carbons (Fsp3) is 0.706. The molecule has 0 radical (unpaired) electrons. The summed E-state index contributed by atoms with van der Waals surface area (Å²) in [7, 11) is 0. The van der Waals surface area contributed by atoms with Gasteiger partial charge in [0.2, 0.25) is 0 Å². The molecule has 3 atom stereocenters. The van der Waals surface area contributed by atoms with Crippen molar-refractivity contribution < 1.29 is 0 Å². The molecule has 0 bridgehead atoms. The van der Waals surface area contributed by atoms with Gasteiger partial charge in [-0.1, -0.05) is 39.3 Å². The first-order valence-corrected chi connectivity index (χ1v) is 8.41. The topological polar surface area (TPSA) is 28.2 Å². The van der Waals surface area contributed by atoms with Crippen molar-refractivity contribution in [3.8, 4) is 0 Å². The molecule has 0 amide bonds. The van der Waals surface area contributed by atoms with Crippen LogP contribution in [-0.2, 0) is 6.54 Å². The lowest BCUT2D eigenvalue weighted by Crippen LogP contribution is -2.46. The Bertz CT molecular complexity index is 475. The minimum absolute atomic E-state index is 0.431. The van der Waals surface area contributed by atoms with Gasteiger partial charge in [-0.05, 0) is 37.3 Å². The first-order valence-electron chi connectivity index (χ1n) is 8.04. The number of anilines is 1. The molecule has 1 aliphatic rings. The van der Waals surface area contributed by atoms with Crippen molar-refractivity contribution in [3.63, 3.8) is 0 Å². The van der Waals surface area contributed by atoms with Crippen LogP contribution in [0.15, 0.2) is 12.1 Å². The Morgan fingerprint density at radius 2 is 2.05 bits per heavy atom. The highest BCUT2D eigenvalue weighted by molar-refractivity contribution is 6.31. The number of piperidine rings is 1. The van der Waals surface area contributed by atoms with Crippen LogP contribution in [-0.4, -0.2) is 23.6 Å². The molecule has 3 unspecified atom stereocenters. The molecule has 1 aromatic heterocycles. The summed E-state index contributed by atoms with van der Waals surface area (Å²) in [6.45, 7) is 13.0. The number of rotatable bonds is 4. The average Bonchev–Trinajstić information content (AvgIpc) is 2.42. The standard InChI is InChI=1S/C17H28ClN3/c1-11(2)19-9-16-15(18)6-7-17(20-16)21-10-12(3)8-13(4)14(21)5/h6-7,11-14,19H,8-10H2,1-5H3. The predicted octanol–water partition coefficient (Wildman–Crippen LogP) is 4.10. The van der Waals surface area contributed by atoms with E-state index >= 15 is 0 Å². The molecular weight excluding hydrogens is 282 g/mol. The minimum Gasteiger partial charge on any atom is -0.353 e. The van der Waals surface area contributed by atoms with Gasteiger partial charge in [-0.25, -0.2) is 4.98 Å². The fourth-order valence-electron chi connectivity index (χ4n) is 3.08. The molecule has 2 rings (SSSR count). The van der Waals surface area contributed by atoms with E-state index in [-0.39, 0.29) is 0 Å². The number of hydrogen-bond acceptors (Lipinski definition) is 3. The second-order valence-corrected chi connectivity index (χ2v) is 7.25. The number of nitrogens with zero attached hydrogens (tertiary/aromatic N) is 2. The lowest BCUT2D eigenvalue weighted by atomic mass is 9.86. The van der Waals surface area contributed by atoms with Gasteiger partial charge in [-0.3, -0.25) is 0 Å². The Morgan fingerprint density at radius 1 is 1.33 bits per heavy atom. The average molecular weight is 310 g/mol. The summed E-state index contributed by atoms with van der Waals surface area (Å²) in [4.78, 5) is 7.26. The van der Waals surface area contributed by atoms with E-state index in [4.69, 9.17) is 16.6 Å².